The number of unbranched alkanes of at least 4 members (excludes halogenated alkanes) is 4. The van der Waals surface area contributed by atoms with Gasteiger partial charge in [-0.1, -0.05) is 62.9 Å². The number of primary amides is 1. The molecule has 0 bridgehead atoms. The molecule has 38 heavy (non-hydrogen) atoms. The molecule has 0 fully saturated rings. The van der Waals surface area contributed by atoms with Crippen molar-refractivity contribution < 1.29 is 33.4 Å². The van der Waals surface area contributed by atoms with Gasteiger partial charge >= 0.3 is 12.1 Å². The van der Waals surface area contributed by atoms with Gasteiger partial charge in [-0.25, -0.2) is 4.79 Å². The van der Waals surface area contributed by atoms with Crippen LogP contribution in [0, 0.1) is 0 Å². The Bertz CT molecular complexity index is 931. The summed E-state index contributed by atoms with van der Waals surface area (Å²) < 4.78 is 9.89. The zero-order chi connectivity index (χ0) is 28.7. The molecule has 0 aliphatic carbocycles. The Labute approximate surface area is 224 Å². The lowest BCUT2D eigenvalue weighted by atomic mass is 10.0. The molecular formula is C27H42N4O7. The average Bonchev–Trinajstić information content (AvgIpc) is 2.84. The molecular weight excluding hydrogens is 492 g/mol. The maximum atomic E-state index is 13.9. The molecule has 11 nitrogen and oxygen atoms in total. The molecule has 0 heterocycles. The first-order valence-electron chi connectivity index (χ1n) is 12.9. The third-order valence-electron chi connectivity index (χ3n) is 5.49. The number of benzene rings is 1. The minimum atomic E-state index is -1.36. The van der Waals surface area contributed by atoms with Gasteiger partial charge in [0.05, 0.1) is 13.5 Å². The molecule has 11 heteroatoms. The smallest absolute Gasteiger partial charge is 0.408 e. The molecule has 0 spiro atoms. The first kappa shape index (κ1) is 32.4. The summed E-state index contributed by atoms with van der Waals surface area (Å²) in [6.07, 6.45) is 3.01. The number of rotatable bonds is 15. The fourth-order valence-corrected chi connectivity index (χ4v) is 3.74. The summed E-state index contributed by atoms with van der Waals surface area (Å²) in [5.41, 5.74) is 5.05. The van der Waals surface area contributed by atoms with Gasteiger partial charge in [0.1, 0.15) is 24.2 Å². The molecule has 4 amide bonds. The first-order valence-corrected chi connectivity index (χ1v) is 12.9. The van der Waals surface area contributed by atoms with E-state index in [4.69, 9.17) is 10.5 Å². The number of ether oxygens (including phenoxy) is 2. The standard InChI is InChI=1S/C27H42N4O7/c1-6-7-8-9-13-16-31(25(35)20(17-21(28)32)30-26(36)38-27(2,3)4)23(19-14-11-10-12-15-19)24(34)29-18-22(33)37-5/h10-12,14-15,20,23H,6-9,13,16-18H2,1-5H3,(H2,28,32)(H,29,34)(H,30,36). The van der Waals surface area contributed by atoms with Crippen LogP contribution < -0.4 is 16.4 Å². The molecule has 0 aliphatic rings. The lowest BCUT2D eigenvalue weighted by Gasteiger charge is -2.34. The van der Waals surface area contributed by atoms with Crippen LogP contribution in [0.5, 0.6) is 0 Å². The molecule has 4 N–H and O–H groups in total. The molecule has 1 aromatic rings. The topological polar surface area (TPSA) is 157 Å². The highest BCUT2D eigenvalue weighted by atomic mass is 16.6. The van der Waals surface area contributed by atoms with Crippen LogP contribution in [0.25, 0.3) is 0 Å². The first-order chi connectivity index (χ1) is 17.9. The molecule has 1 aromatic carbocycles. The number of alkyl carbamates (subject to hydrolysis) is 1. The van der Waals surface area contributed by atoms with Crippen molar-refractivity contribution in [3.63, 3.8) is 0 Å². The second-order valence-corrected chi connectivity index (χ2v) is 9.92. The normalized spacial score (nSPS) is 12.6. The van der Waals surface area contributed by atoms with Crippen LogP contribution in [0.2, 0.25) is 0 Å². The quantitative estimate of drug-likeness (QED) is 0.230. The van der Waals surface area contributed by atoms with Crippen LogP contribution in [0.15, 0.2) is 30.3 Å². The summed E-state index contributed by atoms with van der Waals surface area (Å²) in [6.45, 7) is 6.85. The minimum Gasteiger partial charge on any atom is -0.468 e. The number of esters is 1. The SMILES string of the molecule is CCCCCCCN(C(=O)C(CC(N)=O)NC(=O)OC(C)(C)C)C(C(=O)NCC(=O)OC)c1ccccc1. The molecule has 2 atom stereocenters. The van der Waals surface area contributed by atoms with E-state index in [1.807, 2.05) is 0 Å². The van der Waals surface area contributed by atoms with E-state index in [2.05, 4.69) is 22.3 Å². The molecule has 0 radical (unpaired) electrons. The maximum Gasteiger partial charge on any atom is 0.408 e. The number of hydrogen-bond acceptors (Lipinski definition) is 7. The Morgan fingerprint density at radius 1 is 1.00 bits per heavy atom. The van der Waals surface area contributed by atoms with Gasteiger partial charge in [-0.05, 0) is 32.8 Å². The number of nitrogens with zero attached hydrogens (tertiary/aromatic N) is 1. The van der Waals surface area contributed by atoms with Crippen LogP contribution >= 0.6 is 0 Å². The van der Waals surface area contributed by atoms with Gasteiger partial charge in [0.15, 0.2) is 0 Å². The van der Waals surface area contributed by atoms with Crippen molar-refractivity contribution in [2.45, 2.75) is 83.9 Å². The van der Waals surface area contributed by atoms with E-state index in [1.165, 1.54) is 12.0 Å². The molecule has 0 aliphatic heterocycles. The number of nitrogens with two attached hydrogens (primary N) is 1. The van der Waals surface area contributed by atoms with E-state index in [9.17, 15) is 24.0 Å². The van der Waals surface area contributed by atoms with Crippen molar-refractivity contribution in [3.8, 4) is 0 Å². The molecule has 0 saturated heterocycles. The predicted octanol–water partition coefficient (Wildman–Crippen LogP) is 2.58. The monoisotopic (exact) mass is 534 g/mol. The number of hydrogen-bond donors (Lipinski definition) is 3. The maximum absolute atomic E-state index is 13.9. The van der Waals surface area contributed by atoms with E-state index in [0.717, 1.165) is 25.7 Å². The number of carbonyl (C=O) groups excluding carboxylic acids is 5. The fourth-order valence-electron chi connectivity index (χ4n) is 3.74. The second-order valence-electron chi connectivity index (χ2n) is 9.92. The highest BCUT2D eigenvalue weighted by Crippen LogP contribution is 2.24. The lowest BCUT2D eigenvalue weighted by Crippen LogP contribution is -2.54. The van der Waals surface area contributed by atoms with Crippen molar-refractivity contribution in [2.24, 2.45) is 5.73 Å². The zero-order valence-electron chi connectivity index (χ0n) is 23.1. The highest BCUT2D eigenvalue weighted by molar-refractivity contribution is 5.95. The number of amides is 4. The van der Waals surface area contributed by atoms with E-state index in [-0.39, 0.29) is 6.54 Å². The molecule has 1 rings (SSSR count). The average molecular weight is 535 g/mol. The third-order valence-corrected chi connectivity index (χ3v) is 5.49. The summed E-state index contributed by atoms with van der Waals surface area (Å²) in [5, 5.41) is 4.96. The van der Waals surface area contributed by atoms with Crippen molar-refractivity contribution in [1.29, 1.82) is 0 Å². The van der Waals surface area contributed by atoms with Gasteiger partial charge in [0.25, 0.3) is 0 Å². The Kier molecular flexibility index (Phi) is 13.9. The van der Waals surface area contributed by atoms with Crippen LogP contribution in [-0.2, 0) is 28.7 Å². The van der Waals surface area contributed by atoms with Crippen molar-refractivity contribution in [3.05, 3.63) is 35.9 Å². The van der Waals surface area contributed by atoms with Gasteiger partial charge in [-0.2, -0.15) is 0 Å². The number of methoxy groups -OCH3 is 1. The highest BCUT2D eigenvalue weighted by Gasteiger charge is 2.36. The Morgan fingerprint density at radius 3 is 2.18 bits per heavy atom. The van der Waals surface area contributed by atoms with Gasteiger partial charge < -0.3 is 30.7 Å². The van der Waals surface area contributed by atoms with Gasteiger partial charge in [-0.15, -0.1) is 0 Å². The predicted molar refractivity (Wildman–Crippen MR) is 142 cm³/mol. The number of nitrogens with one attached hydrogen (secondary N) is 2. The summed E-state index contributed by atoms with van der Waals surface area (Å²) in [4.78, 5) is 64.6. The number of carbonyl (C=O) groups is 5. The third kappa shape index (κ3) is 12.1. The summed E-state index contributed by atoms with van der Waals surface area (Å²) in [5.74, 6) is -2.75. The van der Waals surface area contributed by atoms with Gasteiger partial charge in [0.2, 0.25) is 17.7 Å². The Balaban J connectivity index is 3.41. The van der Waals surface area contributed by atoms with E-state index >= 15 is 0 Å². The van der Waals surface area contributed by atoms with Gasteiger partial charge in [-0.3, -0.25) is 19.2 Å². The van der Waals surface area contributed by atoms with Crippen LogP contribution in [-0.4, -0.2) is 66.5 Å². The molecule has 2 unspecified atom stereocenters. The largest absolute Gasteiger partial charge is 0.468 e. The van der Waals surface area contributed by atoms with E-state index in [0.29, 0.717) is 12.0 Å². The van der Waals surface area contributed by atoms with Crippen molar-refractivity contribution in [1.82, 2.24) is 15.5 Å². The van der Waals surface area contributed by atoms with Crippen LogP contribution in [0.3, 0.4) is 0 Å². The van der Waals surface area contributed by atoms with Gasteiger partial charge in [0, 0.05) is 6.54 Å². The molecule has 0 saturated carbocycles. The fraction of sp³-hybridized carbons (Fsp3) is 0.593. The lowest BCUT2D eigenvalue weighted by molar-refractivity contribution is -0.145. The van der Waals surface area contributed by atoms with Crippen LogP contribution in [0.1, 0.15) is 77.8 Å². The van der Waals surface area contributed by atoms with E-state index < -0.39 is 60.4 Å². The second kappa shape index (κ2) is 16.3. The van der Waals surface area contributed by atoms with Crippen molar-refractivity contribution >= 4 is 29.8 Å². The summed E-state index contributed by atoms with van der Waals surface area (Å²) in [7, 11) is 1.20. The molecule has 0 aromatic heterocycles. The van der Waals surface area contributed by atoms with Crippen LogP contribution in [0.4, 0.5) is 4.79 Å². The minimum absolute atomic E-state index is 0.166. The zero-order valence-corrected chi connectivity index (χ0v) is 23.1. The Morgan fingerprint density at radius 2 is 1.63 bits per heavy atom. The van der Waals surface area contributed by atoms with Crippen molar-refractivity contribution in [2.75, 3.05) is 20.2 Å². The molecule has 212 valence electrons. The Hall–Kier alpha value is -3.63. The van der Waals surface area contributed by atoms with E-state index in [1.54, 1.807) is 51.1 Å². The summed E-state index contributed by atoms with van der Waals surface area (Å²) in [6, 6.07) is 6.07. The summed E-state index contributed by atoms with van der Waals surface area (Å²) >= 11 is 0.